The summed E-state index contributed by atoms with van der Waals surface area (Å²) in [5, 5.41) is 9.48. The van der Waals surface area contributed by atoms with Crippen molar-refractivity contribution >= 4 is 12.1 Å². The topological polar surface area (TPSA) is 76.1 Å². The maximum atomic E-state index is 12.8. The van der Waals surface area contributed by atoms with Gasteiger partial charge in [0.1, 0.15) is 11.2 Å². The molecule has 30 heavy (non-hydrogen) atoms. The van der Waals surface area contributed by atoms with E-state index < -0.39 is 11.2 Å². The minimum Gasteiger partial charge on any atom is -0.460 e. The number of hydrogen-bond donors (Lipinski definition) is 1. The number of aliphatic hydroxyl groups is 1. The molecule has 0 aliphatic carbocycles. The molecule has 1 aromatic carbocycles. The summed E-state index contributed by atoms with van der Waals surface area (Å²) in [5.41, 5.74) is 1.77. The summed E-state index contributed by atoms with van der Waals surface area (Å²) in [5.74, 6) is -0.570. The van der Waals surface area contributed by atoms with Crippen molar-refractivity contribution in [1.29, 1.82) is 0 Å². The second-order valence-corrected chi connectivity index (χ2v) is 9.96. The zero-order valence-corrected chi connectivity index (χ0v) is 19.9. The van der Waals surface area contributed by atoms with Crippen LogP contribution in [0.5, 0.6) is 0 Å². The predicted molar refractivity (Wildman–Crippen MR) is 118 cm³/mol. The zero-order chi connectivity index (χ0) is 23.1. The van der Waals surface area contributed by atoms with E-state index in [1.807, 2.05) is 66.7 Å². The lowest BCUT2D eigenvalue weighted by Crippen LogP contribution is -2.35. The van der Waals surface area contributed by atoms with Crippen LogP contribution >= 0.6 is 0 Å². The number of aliphatic hydroxyl groups excluding tert-OH is 1. The molecule has 1 N–H and O–H groups in total. The van der Waals surface area contributed by atoms with Gasteiger partial charge in [0.15, 0.2) is 0 Å². The van der Waals surface area contributed by atoms with Crippen molar-refractivity contribution in [3.63, 3.8) is 0 Å². The van der Waals surface area contributed by atoms with E-state index in [4.69, 9.17) is 9.47 Å². The van der Waals surface area contributed by atoms with E-state index in [9.17, 15) is 14.7 Å². The Hall–Kier alpha value is -2.08. The Morgan fingerprint density at radius 2 is 1.57 bits per heavy atom. The third-order valence-electron chi connectivity index (χ3n) is 4.35. The second-order valence-electron chi connectivity index (χ2n) is 9.96. The van der Waals surface area contributed by atoms with Crippen molar-refractivity contribution in [2.75, 3.05) is 13.6 Å². The molecule has 0 spiro atoms. The Balaban J connectivity index is 2.83. The number of aryl methyl sites for hydroxylation is 1. The van der Waals surface area contributed by atoms with E-state index >= 15 is 0 Å². The van der Waals surface area contributed by atoms with Gasteiger partial charge in [0.2, 0.25) is 0 Å². The summed E-state index contributed by atoms with van der Waals surface area (Å²) >= 11 is 0. The lowest BCUT2D eigenvalue weighted by Gasteiger charge is -2.26. The molecule has 0 saturated heterocycles. The van der Waals surface area contributed by atoms with E-state index in [0.717, 1.165) is 16.7 Å². The fourth-order valence-corrected chi connectivity index (χ4v) is 3.14. The van der Waals surface area contributed by atoms with Gasteiger partial charge in [-0.25, -0.2) is 4.79 Å². The van der Waals surface area contributed by atoms with Crippen LogP contribution in [-0.2, 0) is 27.3 Å². The van der Waals surface area contributed by atoms with E-state index in [1.54, 1.807) is 7.05 Å². The molecule has 0 aliphatic rings. The molecule has 1 aromatic rings. The fourth-order valence-electron chi connectivity index (χ4n) is 3.14. The SMILES string of the molecule is Cc1cc(CO)cc(CC(CCCN(C)C(=O)OC(C)(C)C)C(=O)OC(C)(C)C)c1. The van der Waals surface area contributed by atoms with Gasteiger partial charge >= 0.3 is 12.1 Å². The molecule has 6 heteroatoms. The number of esters is 1. The van der Waals surface area contributed by atoms with Gasteiger partial charge in [-0.05, 0) is 78.9 Å². The molecular formula is C24H39NO5. The van der Waals surface area contributed by atoms with Crippen molar-refractivity contribution in [3.05, 3.63) is 34.9 Å². The molecule has 6 nitrogen and oxygen atoms in total. The van der Waals surface area contributed by atoms with Gasteiger partial charge in [-0.15, -0.1) is 0 Å². The molecule has 0 fully saturated rings. The Morgan fingerprint density at radius 1 is 1.00 bits per heavy atom. The maximum Gasteiger partial charge on any atom is 0.410 e. The highest BCUT2D eigenvalue weighted by Gasteiger charge is 2.26. The van der Waals surface area contributed by atoms with E-state index in [2.05, 4.69) is 0 Å². The van der Waals surface area contributed by atoms with Gasteiger partial charge in [0.05, 0.1) is 12.5 Å². The molecule has 0 heterocycles. The van der Waals surface area contributed by atoms with Gasteiger partial charge < -0.3 is 19.5 Å². The molecule has 1 unspecified atom stereocenters. The van der Waals surface area contributed by atoms with Gasteiger partial charge in [0, 0.05) is 13.6 Å². The molecule has 170 valence electrons. The van der Waals surface area contributed by atoms with Crippen molar-refractivity contribution < 1.29 is 24.2 Å². The molecule has 0 bridgehead atoms. The first kappa shape index (κ1) is 26.0. The van der Waals surface area contributed by atoms with Gasteiger partial charge in [-0.2, -0.15) is 0 Å². The molecule has 1 atom stereocenters. The maximum absolute atomic E-state index is 12.8. The Labute approximate surface area is 181 Å². The van der Waals surface area contributed by atoms with Gasteiger partial charge in [-0.3, -0.25) is 4.79 Å². The number of carbonyl (C=O) groups is 2. The van der Waals surface area contributed by atoms with E-state index in [1.165, 1.54) is 4.90 Å². The monoisotopic (exact) mass is 421 g/mol. The Kier molecular flexibility index (Phi) is 9.35. The second kappa shape index (κ2) is 10.8. The molecule has 0 radical (unpaired) electrons. The van der Waals surface area contributed by atoms with Crippen LogP contribution in [0, 0.1) is 12.8 Å². The number of amides is 1. The van der Waals surface area contributed by atoms with Crippen LogP contribution in [-0.4, -0.2) is 46.9 Å². The smallest absolute Gasteiger partial charge is 0.410 e. The highest BCUT2D eigenvalue weighted by molar-refractivity contribution is 5.73. The number of benzene rings is 1. The Morgan fingerprint density at radius 3 is 2.10 bits per heavy atom. The lowest BCUT2D eigenvalue weighted by atomic mass is 9.92. The lowest BCUT2D eigenvalue weighted by molar-refractivity contribution is -0.160. The van der Waals surface area contributed by atoms with Crippen LogP contribution in [0.25, 0.3) is 0 Å². The quantitative estimate of drug-likeness (QED) is 0.619. The van der Waals surface area contributed by atoms with Crippen LogP contribution in [0.3, 0.4) is 0 Å². The number of ether oxygens (including phenoxy) is 2. The third-order valence-corrected chi connectivity index (χ3v) is 4.35. The molecule has 1 rings (SSSR count). The third kappa shape index (κ3) is 10.1. The van der Waals surface area contributed by atoms with Crippen LogP contribution < -0.4 is 0 Å². The predicted octanol–water partition coefficient (Wildman–Crippen LogP) is 4.63. The normalized spacial score (nSPS) is 13.0. The van der Waals surface area contributed by atoms with Crippen LogP contribution in [0.2, 0.25) is 0 Å². The van der Waals surface area contributed by atoms with Crippen molar-refractivity contribution in [2.24, 2.45) is 5.92 Å². The first-order chi connectivity index (χ1) is 13.7. The minimum absolute atomic E-state index is 0.0353. The number of nitrogens with zero attached hydrogens (tertiary/aromatic N) is 1. The van der Waals surface area contributed by atoms with Crippen LogP contribution in [0.1, 0.15) is 71.1 Å². The van der Waals surface area contributed by atoms with Crippen molar-refractivity contribution in [3.8, 4) is 0 Å². The molecule has 1 amide bonds. The van der Waals surface area contributed by atoms with E-state index in [-0.39, 0.29) is 24.6 Å². The number of hydrogen-bond acceptors (Lipinski definition) is 5. The van der Waals surface area contributed by atoms with Crippen LogP contribution in [0.15, 0.2) is 18.2 Å². The number of rotatable bonds is 8. The van der Waals surface area contributed by atoms with E-state index in [0.29, 0.717) is 25.8 Å². The molecule has 0 aromatic heterocycles. The molecule has 0 aliphatic heterocycles. The average Bonchev–Trinajstić information content (AvgIpc) is 2.57. The Bertz CT molecular complexity index is 715. The largest absolute Gasteiger partial charge is 0.460 e. The first-order valence-corrected chi connectivity index (χ1v) is 10.6. The standard InChI is InChI=1S/C24H39NO5/c1-17-12-18(14-19(13-17)16-26)15-20(21(27)29-23(2,3)4)10-9-11-25(8)22(28)30-24(5,6)7/h12-14,20,26H,9-11,15-16H2,1-8H3. The molecular weight excluding hydrogens is 382 g/mol. The molecule has 0 saturated carbocycles. The summed E-state index contributed by atoms with van der Waals surface area (Å²) in [6.45, 7) is 13.5. The summed E-state index contributed by atoms with van der Waals surface area (Å²) in [4.78, 5) is 26.5. The van der Waals surface area contributed by atoms with Gasteiger partial charge in [-0.1, -0.05) is 23.8 Å². The number of carbonyl (C=O) groups excluding carboxylic acids is 2. The zero-order valence-electron chi connectivity index (χ0n) is 19.9. The fraction of sp³-hybridized carbons (Fsp3) is 0.667. The highest BCUT2D eigenvalue weighted by atomic mass is 16.6. The summed E-state index contributed by atoms with van der Waals surface area (Å²) < 4.78 is 11.0. The first-order valence-electron chi connectivity index (χ1n) is 10.6. The highest BCUT2D eigenvalue weighted by Crippen LogP contribution is 2.22. The summed E-state index contributed by atoms with van der Waals surface area (Å²) in [6.07, 6.45) is 1.39. The summed E-state index contributed by atoms with van der Waals surface area (Å²) in [7, 11) is 1.70. The van der Waals surface area contributed by atoms with Crippen molar-refractivity contribution in [2.45, 2.75) is 85.5 Å². The van der Waals surface area contributed by atoms with Crippen LogP contribution in [0.4, 0.5) is 4.79 Å². The van der Waals surface area contributed by atoms with Crippen molar-refractivity contribution in [1.82, 2.24) is 4.90 Å². The average molecular weight is 422 g/mol. The summed E-state index contributed by atoms with van der Waals surface area (Å²) in [6, 6.07) is 5.89. The van der Waals surface area contributed by atoms with Gasteiger partial charge in [0.25, 0.3) is 0 Å². The minimum atomic E-state index is -0.564.